The van der Waals surface area contributed by atoms with Crippen molar-refractivity contribution in [2.75, 3.05) is 11.4 Å². The molecule has 0 atom stereocenters. The molecule has 1 heterocycles. The van der Waals surface area contributed by atoms with Crippen LogP contribution < -0.4 is 10.6 Å². The third-order valence-corrected chi connectivity index (χ3v) is 3.69. The zero-order chi connectivity index (χ0) is 15.0. The van der Waals surface area contributed by atoms with Gasteiger partial charge in [0.25, 0.3) is 0 Å². The number of nitrogens with two attached hydrogens (primary N) is 1. The lowest BCUT2D eigenvalue weighted by Gasteiger charge is -2.26. The van der Waals surface area contributed by atoms with Gasteiger partial charge >= 0.3 is 6.18 Å². The van der Waals surface area contributed by atoms with Crippen LogP contribution in [0.15, 0.2) is 30.5 Å². The Labute approximate surface area is 120 Å². The van der Waals surface area contributed by atoms with E-state index in [1.807, 2.05) is 24.3 Å². The van der Waals surface area contributed by atoms with Crippen molar-refractivity contribution in [2.24, 2.45) is 5.73 Å². The van der Waals surface area contributed by atoms with Gasteiger partial charge in [-0.3, -0.25) is 0 Å². The zero-order valence-corrected chi connectivity index (χ0v) is 11.4. The third-order valence-electron chi connectivity index (χ3n) is 3.69. The number of alkyl halides is 3. The lowest BCUT2D eigenvalue weighted by molar-refractivity contribution is -0.120. The number of nitrogens with zero attached hydrogens (tertiary/aromatic N) is 2. The number of fused-ring (bicyclic) bond motifs is 1. The van der Waals surface area contributed by atoms with Gasteiger partial charge in [-0.1, -0.05) is 24.3 Å². The summed E-state index contributed by atoms with van der Waals surface area (Å²) in [6, 6.07) is 7.29. The van der Waals surface area contributed by atoms with Crippen LogP contribution in [0.25, 0.3) is 10.8 Å². The number of hydrogen-bond donors (Lipinski definition) is 1. The van der Waals surface area contributed by atoms with Crippen LogP contribution in [0.5, 0.6) is 0 Å². The van der Waals surface area contributed by atoms with Crippen LogP contribution in [0, 0.1) is 0 Å². The van der Waals surface area contributed by atoms with Crippen LogP contribution in [-0.4, -0.2) is 23.7 Å². The molecule has 1 fully saturated rings. The molecule has 6 heteroatoms. The fourth-order valence-electron chi connectivity index (χ4n) is 2.58. The highest BCUT2D eigenvalue weighted by Gasteiger charge is 2.39. The van der Waals surface area contributed by atoms with E-state index in [-0.39, 0.29) is 6.04 Å². The maximum atomic E-state index is 12.8. The molecule has 1 aromatic heterocycles. The van der Waals surface area contributed by atoms with Gasteiger partial charge < -0.3 is 10.6 Å². The predicted molar refractivity (Wildman–Crippen MR) is 76.1 cm³/mol. The molecule has 0 amide bonds. The van der Waals surface area contributed by atoms with Crippen LogP contribution in [0.2, 0.25) is 0 Å². The van der Waals surface area contributed by atoms with Crippen LogP contribution in [0.4, 0.5) is 19.0 Å². The standard InChI is InChI=1S/C15H16F3N3/c16-15(17,18)9-21(11-5-6-11)14-13-4-2-1-3-12(13)10(7-19)8-20-14/h1-4,8,11H,5-7,9,19H2. The van der Waals surface area contributed by atoms with Crippen molar-refractivity contribution in [3.05, 3.63) is 36.0 Å². The molecule has 0 saturated heterocycles. The smallest absolute Gasteiger partial charge is 0.344 e. The van der Waals surface area contributed by atoms with Gasteiger partial charge in [-0.05, 0) is 23.8 Å². The molecule has 1 aliphatic rings. The van der Waals surface area contributed by atoms with Gasteiger partial charge in [0.1, 0.15) is 12.4 Å². The first-order valence-electron chi connectivity index (χ1n) is 6.89. The quantitative estimate of drug-likeness (QED) is 0.941. The van der Waals surface area contributed by atoms with Gasteiger partial charge in [0.2, 0.25) is 0 Å². The Morgan fingerprint density at radius 1 is 1.19 bits per heavy atom. The first kappa shape index (κ1) is 14.1. The van der Waals surface area contributed by atoms with Crippen molar-refractivity contribution in [1.82, 2.24) is 4.98 Å². The van der Waals surface area contributed by atoms with Crippen molar-refractivity contribution in [3.8, 4) is 0 Å². The SMILES string of the molecule is NCc1cnc(N(CC(F)(F)F)C2CC2)c2ccccc12. The van der Waals surface area contributed by atoms with E-state index in [0.717, 1.165) is 29.2 Å². The molecule has 3 nitrogen and oxygen atoms in total. The van der Waals surface area contributed by atoms with Gasteiger partial charge in [0.05, 0.1) is 0 Å². The molecule has 3 rings (SSSR count). The molecule has 0 radical (unpaired) electrons. The molecular formula is C15H16F3N3. The lowest BCUT2D eigenvalue weighted by Crippen LogP contribution is -2.36. The van der Waals surface area contributed by atoms with Crippen LogP contribution in [0.3, 0.4) is 0 Å². The van der Waals surface area contributed by atoms with E-state index in [2.05, 4.69) is 4.98 Å². The average molecular weight is 295 g/mol. The Hall–Kier alpha value is -1.82. The summed E-state index contributed by atoms with van der Waals surface area (Å²) in [7, 11) is 0. The molecule has 0 bridgehead atoms. The van der Waals surface area contributed by atoms with Crippen molar-refractivity contribution in [1.29, 1.82) is 0 Å². The summed E-state index contributed by atoms with van der Waals surface area (Å²) in [5.41, 5.74) is 6.53. The molecule has 2 aromatic rings. The lowest BCUT2D eigenvalue weighted by atomic mass is 10.1. The Bertz CT molecular complexity index is 650. The van der Waals surface area contributed by atoms with E-state index in [9.17, 15) is 13.2 Å². The second kappa shape index (κ2) is 5.18. The van der Waals surface area contributed by atoms with Crippen LogP contribution >= 0.6 is 0 Å². The largest absolute Gasteiger partial charge is 0.405 e. The minimum Gasteiger partial charge on any atom is -0.344 e. The molecule has 21 heavy (non-hydrogen) atoms. The second-order valence-corrected chi connectivity index (χ2v) is 5.33. The van der Waals surface area contributed by atoms with Crippen LogP contribution in [0.1, 0.15) is 18.4 Å². The number of pyridine rings is 1. The number of hydrogen-bond acceptors (Lipinski definition) is 3. The van der Waals surface area contributed by atoms with Gasteiger partial charge in [-0.2, -0.15) is 13.2 Å². The minimum absolute atomic E-state index is 0.0637. The van der Waals surface area contributed by atoms with E-state index in [4.69, 9.17) is 5.73 Å². The maximum Gasteiger partial charge on any atom is 0.405 e. The third kappa shape index (κ3) is 2.95. The topological polar surface area (TPSA) is 42.1 Å². The highest BCUT2D eigenvalue weighted by Crippen LogP contribution is 2.37. The van der Waals surface area contributed by atoms with E-state index >= 15 is 0 Å². The second-order valence-electron chi connectivity index (χ2n) is 5.33. The average Bonchev–Trinajstić information content (AvgIpc) is 3.27. The molecule has 112 valence electrons. The Balaban J connectivity index is 2.10. The van der Waals surface area contributed by atoms with E-state index < -0.39 is 12.7 Å². The highest BCUT2D eigenvalue weighted by molar-refractivity contribution is 5.94. The number of rotatable bonds is 4. The molecule has 1 aromatic carbocycles. The molecular weight excluding hydrogens is 279 g/mol. The summed E-state index contributed by atoms with van der Waals surface area (Å²) >= 11 is 0. The molecule has 1 aliphatic carbocycles. The van der Waals surface area contributed by atoms with E-state index in [1.165, 1.54) is 4.90 Å². The van der Waals surface area contributed by atoms with Crippen molar-refractivity contribution < 1.29 is 13.2 Å². The summed E-state index contributed by atoms with van der Waals surface area (Å²) in [6.45, 7) is -0.646. The number of halogens is 3. The zero-order valence-electron chi connectivity index (χ0n) is 11.4. The Morgan fingerprint density at radius 3 is 2.43 bits per heavy atom. The first-order valence-corrected chi connectivity index (χ1v) is 6.89. The molecule has 2 N–H and O–H groups in total. The first-order chi connectivity index (χ1) is 9.99. The highest BCUT2D eigenvalue weighted by atomic mass is 19.4. The fourth-order valence-corrected chi connectivity index (χ4v) is 2.58. The summed E-state index contributed by atoms with van der Waals surface area (Å²) in [6.07, 6.45) is -1.09. The summed E-state index contributed by atoms with van der Waals surface area (Å²) < 4.78 is 38.5. The van der Waals surface area contributed by atoms with Crippen molar-refractivity contribution >= 4 is 16.6 Å². The Morgan fingerprint density at radius 2 is 1.86 bits per heavy atom. The summed E-state index contributed by atoms with van der Waals surface area (Å²) in [5, 5.41) is 1.61. The summed E-state index contributed by atoms with van der Waals surface area (Å²) in [4.78, 5) is 5.65. The maximum absolute atomic E-state index is 12.8. The normalized spacial score (nSPS) is 15.4. The van der Waals surface area contributed by atoms with Gasteiger partial charge in [-0.15, -0.1) is 0 Å². The summed E-state index contributed by atoms with van der Waals surface area (Å²) in [5.74, 6) is 0.405. The van der Waals surface area contributed by atoms with E-state index in [1.54, 1.807) is 6.20 Å². The molecule has 0 unspecified atom stereocenters. The minimum atomic E-state index is -4.24. The van der Waals surface area contributed by atoms with Gasteiger partial charge in [0, 0.05) is 24.2 Å². The molecule has 1 saturated carbocycles. The number of anilines is 1. The molecule has 0 aliphatic heterocycles. The monoisotopic (exact) mass is 295 g/mol. The molecule has 0 spiro atoms. The fraction of sp³-hybridized carbons (Fsp3) is 0.400. The number of benzene rings is 1. The van der Waals surface area contributed by atoms with Crippen molar-refractivity contribution in [3.63, 3.8) is 0 Å². The number of aromatic nitrogens is 1. The van der Waals surface area contributed by atoms with Crippen LogP contribution in [-0.2, 0) is 6.54 Å². The Kier molecular flexibility index (Phi) is 3.49. The van der Waals surface area contributed by atoms with Gasteiger partial charge in [0.15, 0.2) is 0 Å². The van der Waals surface area contributed by atoms with Gasteiger partial charge in [-0.25, -0.2) is 4.98 Å². The predicted octanol–water partition coefficient (Wildman–Crippen LogP) is 3.22. The van der Waals surface area contributed by atoms with Crippen molar-refractivity contribution in [2.45, 2.75) is 31.6 Å². The van der Waals surface area contributed by atoms with E-state index in [0.29, 0.717) is 12.4 Å².